The van der Waals surface area contributed by atoms with E-state index >= 15 is 0 Å². The monoisotopic (exact) mass is 337 g/mol. The van der Waals surface area contributed by atoms with Crippen molar-refractivity contribution in [2.24, 2.45) is 5.73 Å². The lowest BCUT2D eigenvalue weighted by Gasteiger charge is -2.12. The number of benzene rings is 1. The molecule has 128 valence electrons. The topological polar surface area (TPSA) is 77.2 Å². The second-order valence-electron chi connectivity index (χ2n) is 6.58. The number of pyridine rings is 1. The van der Waals surface area contributed by atoms with Crippen LogP contribution in [0.2, 0.25) is 0 Å². The minimum Gasteiger partial charge on any atom is -0.423 e. The van der Waals surface area contributed by atoms with E-state index in [1.165, 1.54) is 11.6 Å². The number of nitrogens with zero attached hydrogens (tertiary/aromatic N) is 1. The van der Waals surface area contributed by atoms with E-state index in [4.69, 9.17) is 10.2 Å². The average Bonchev–Trinajstić information content (AvgIpc) is 2.54. The molecule has 0 unspecified atom stereocenters. The van der Waals surface area contributed by atoms with Crippen molar-refractivity contribution in [3.63, 3.8) is 0 Å². The number of carbonyl (C=O) groups excluding carboxylic acids is 1. The fourth-order valence-corrected chi connectivity index (χ4v) is 3.11. The Morgan fingerprint density at radius 3 is 2.72 bits per heavy atom. The van der Waals surface area contributed by atoms with E-state index in [9.17, 15) is 9.59 Å². The standard InChI is InChI=1S/C20H20N2O3/c1-12(2)16-9-17-15(8-19(23)25-18(17)7-13(16)3)11-22-6-4-5-14(10-22)20(21)24/h4-10,12H,11H2,1-3H3,(H-,21,24)/p+1. The third-order valence-electron chi connectivity index (χ3n) is 4.33. The molecule has 25 heavy (non-hydrogen) atoms. The lowest BCUT2D eigenvalue weighted by molar-refractivity contribution is -0.688. The zero-order valence-electron chi connectivity index (χ0n) is 14.6. The van der Waals surface area contributed by atoms with Crippen molar-refractivity contribution in [3.05, 3.63) is 75.4 Å². The van der Waals surface area contributed by atoms with Gasteiger partial charge in [0, 0.05) is 23.1 Å². The number of fused-ring (bicyclic) bond motifs is 1. The first kappa shape index (κ1) is 16.9. The van der Waals surface area contributed by atoms with Crippen molar-refractivity contribution in [1.82, 2.24) is 0 Å². The lowest BCUT2D eigenvalue weighted by Crippen LogP contribution is -2.35. The highest BCUT2D eigenvalue weighted by Gasteiger charge is 2.15. The van der Waals surface area contributed by atoms with Gasteiger partial charge in [-0.3, -0.25) is 4.79 Å². The molecule has 2 aromatic heterocycles. The number of amides is 1. The van der Waals surface area contributed by atoms with Crippen LogP contribution in [0.25, 0.3) is 11.0 Å². The molecule has 0 atom stereocenters. The SMILES string of the molecule is Cc1cc2oc(=O)cc(C[n+]3cccc(C(N)=O)c3)c2cc1C(C)C. The van der Waals surface area contributed by atoms with Crippen molar-refractivity contribution in [2.45, 2.75) is 33.2 Å². The van der Waals surface area contributed by atoms with E-state index in [0.29, 0.717) is 23.6 Å². The second kappa shape index (κ2) is 6.51. The minimum absolute atomic E-state index is 0.370. The van der Waals surface area contributed by atoms with Crippen molar-refractivity contribution in [1.29, 1.82) is 0 Å². The third-order valence-corrected chi connectivity index (χ3v) is 4.33. The molecule has 5 heteroatoms. The summed E-state index contributed by atoms with van der Waals surface area (Å²) in [5.74, 6) is -0.112. The van der Waals surface area contributed by atoms with Gasteiger partial charge in [-0.15, -0.1) is 0 Å². The number of carbonyl (C=O) groups is 1. The molecule has 0 aliphatic rings. The maximum Gasteiger partial charge on any atom is 0.336 e. The van der Waals surface area contributed by atoms with Gasteiger partial charge in [0.05, 0.1) is 0 Å². The molecule has 1 amide bonds. The van der Waals surface area contributed by atoms with Crippen LogP contribution in [0, 0.1) is 6.92 Å². The molecular weight excluding hydrogens is 316 g/mol. The first-order valence-electron chi connectivity index (χ1n) is 8.21. The maximum atomic E-state index is 11.9. The van der Waals surface area contributed by atoms with Crippen LogP contribution in [0.1, 0.15) is 46.8 Å². The Bertz CT molecular complexity index is 1020. The molecule has 0 radical (unpaired) electrons. The van der Waals surface area contributed by atoms with Crippen LogP contribution in [0.4, 0.5) is 0 Å². The number of hydrogen-bond acceptors (Lipinski definition) is 3. The molecular formula is C20H21N2O3+. The molecule has 0 aliphatic carbocycles. The molecule has 0 fully saturated rings. The van der Waals surface area contributed by atoms with Gasteiger partial charge in [0.2, 0.25) is 0 Å². The molecule has 3 aromatic rings. The van der Waals surface area contributed by atoms with Crippen LogP contribution in [0.5, 0.6) is 0 Å². The fraction of sp³-hybridized carbons (Fsp3) is 0.250. The number of hydrogen-bond donors (Lipinski definition) is 1. The molecule has 0 bridgehead atoms. The van der Waals surface area contributed by atoms with Gasteiger partial charge in [0.15, 0.2) is 18.9 Å². The smallest absolute Gasteiger partial charge is 0.336 e. The first-order valence-corrected chi connectivity index (χ1v) is 8.21. The Labute approximate surface area is 145 Å². The molecule has 0 aliphatic heterocycles. The van der Waals surface area contributed by atoms with E-state index in [0.717, 1.165) is 16.5 Å². The summed E-state index contributed by atoms with van der Waals surface area (Å²) in [6.45, 7) is 6.74. The van der Waals surface area contributed by atoms with Gasteiger partial charge in [0.1, 0.15) is 11.1 Å². The predicted octanol–water partition coefficient (Wildman–Crippen LogP) is 2.66. The normalized spacial score (nSPS) is 11.2. The third kappa shape index (κ3) is 3.45. The van der Waals surface area contributed by atoms with Gasteiger partial charge in [-0.1, -0.05) is 13.8 Å². The highest BCUT2D eigenvalue weighted by atomic mass is 16.4. The van der Waals surface area contributed by atoms with E-state index in [2.05, 4.69) is 19.9 Å². The van der Waals surface area contributed by atoms with E-state index in [-0.39, 0.29) is 5.63 Å². The Morgan fingerprint density at radius 1 is 1.28 bits per heavy atom. The van der Waals surface area contributed by atoms with E-state index in [1.54, 1.807) is 18.3 Å². The molecule has 2 N–H and O–H groups in total. The summed E-state index contributed by atoms with van der Waals surface area (Å²) in [6.07, 6.45) is 3.52. The van der Waals surface area contributed by atoms with Crippen LogP contribution < -0.4 is 15.9 Å². The van der Waals surface area contributed by atoms with E-state index in [1.807, 2.05) is 23.8 Å². The predicted molar refractivity (Wildman–Crippen MR) is 95.6 cm³/mol. The number of rotatable bonds is 4. The lowest BCUT2D eigenvalue weighted by atomic mass is 9.95. The van der Waals surface area contributed by atoms with Crippen LogP contribution in [-0.4, -0.2) is 5.91 Å². The Kier molecular flexibility index (Phi) is 4.40. The zero-order chi connectivity index (χ0) is 18.1. The number of nitrogens with two attached hydrogens (primary N) is 1. The summed E-state index contributed by atoms with van der Waals surface area (Å²) in [6, 6.07) is 8.94. The summed E-state index contributed by atoms with van der Waals surface area (Å²) < 4.78 is 7.22. The van der Waals surface area contributed by atoms with Crippen LogP contribution in [0.15, 0.2) is 51.9 Å². The molecule has 2 heterocycles. The van der Waals surface area contributed by atoms with Gasteiger partial charge in [-0.2, -0.15) is 4.57 Å². The summed E-state index contributed by atoms with van der Waals surface area (Å²) in [5.41, 5.74) is 9.13. The molecule has 0 spiro atoms. The Balaban J connectivity index is 2.15. The second-order valence-corrected chi connectivity index (χ2v) is 6.58. The summed E-state index contributed by atoms with van der Waals surface area (Å²) in [5, 5.41) is 0.908. The van der Waals surface area contributed by atoms with Crippen LogP contribution in [-0.2, 0) is 6.54 Å². The van der Waals surface area contributed by atoms with Crippen molar-refractivity contribution < 1.29 is 13.8 Å². The maximum absolute atomic E-state index is 11.9. The highest BCUT2D eigenvalue weighted by molar-refractivity contribution is 5.92. The quantitative estimate of drug-likeness (QED) is 0.587. The van der Waals surface area contributed by atoms with Gasteiger partial charge in [0.25, 0.3) is 5.91 Å². The Hall–Kier alpha value is -2.95. The largest absolute Gasteiger partial charge is 0.423 e. The van der Waals surface area contributed by atoms with Crippen molar-refractivity contribution >= 4 is 16.9 Å². The molecule has 5 nitrogen and oxygen atoms in total. The van der Waals surface area contributed by atoms with Gasteiger partial charge in [-0.05, 0) is 42.2 Å². The van der Waals surface area contributed by atoms with E-state index < -0.39 is 5.91 Å². The summed E-state index contributed by atoms with van der Waals surface area (Å²) in [7, 11) is 0. The molecule has 1 aromatic carbocycles. The van der Waals surface area contributed by atoms with Crippen molar-refractivity contribution in [2.75, 3.05) is 0 Å². The molecule has 0 saturated carbocycles. The summed E-state index contributed by atoms with van der Waals surface area (Å²) in [4.78, 5) is 23.3. The molecule has 3 rings (SSSR count). The number of primary amides is 1. The van der Waals surface area contributed by atoms with Crippen LogP contribution in [0.3, 0.4) is 0 Å². The van der Waals surface area contributed by atoms with Gasteiger partial charge >= 0.3 is 5.63 Å². The van der Waals surface area contributed by atoms with Crippen molar-refractivity contribution in [3.8, 4) is 0 Å². The Morgan fingerprint density at radius 2 is 2.04 bits per heavy atom. The minimum atomic E-state index is -0.482. The number of aromatic nitrogens is 1. The average molecular weight is 337 g/mol. The highest BCUT2D eigenvalue weighted by Crippen LogP contribution is 2.26. The number of aryl methyl sites for hydroxylation is 1. The first-order chi connectivity index (χ1) is 11.8. The van der Waals surface area contributed by atoms with Crippen LogP contribution >= 0.6 is 0 Å². The van der Waals surface area contributed by atoms with Gasteiger partial charge in [-0.25, -0.2) is 4.79 Å². The fourth-order valence-electron chi connectivity index (χ4n) is 3.11. The van der Waals surface area contributed by atoms with Gasteiger partial charge < -0.3 is 10.2 Å². The zero-order valence-corrected chi connectivity index (χ0v) is 14.6. The summed E-state index contributed by atoms with van der Waals surface area (Å²) >= 11 is 0. The molecule has 0 saturated heterocycles.